The molecule has 4 rings (SSSR count). The SMILES string of the molecule is Cc1noc(C)c1-c1cccc(C2CN(C(=O)Cc3cccnc3)CCO2)n1. The van der Waals surface area contributed by atoms with Crippen molar-refractivity contribution < 1.29 is 14.1 Å². The van der Waals surface area contributed by atoms with Crippen molar-refractivity contribution in [2.45, 2.75) is 26.4 Å². The fourth-order valence-corrected chi connectivity index (χ4v) is 3.46. The van der Waals surface area contributed by atoms with Crippen molar-refractivity contribution in [1.82, 2.24) is 20.0 Å². The quantitative estimate of drug-likeness (QED) is 0.694. The number of aryl methyl sites for hydroxylation is 2. The maximum atomic E-state index is 12.7. The second-order valence-electron chi connectivity index (χ2n) is 6.88. The summed E-state index contributed by atoms with van der Waals surface area (Å²) in [6.45, 7) is 5.33. The van der Waals surface area contributed by atoms with Gasteiger partial charge in [0.2, 0.25) is 5.91 Å². The summed E-state index contributed by atoms with van der Waals surface area (Å²) in [5.74, 6) is 0.808. The number of ether oxygens (including phenoxy) is 1. The van der Waals surface area contributed by atoms with Crippen molar-refractivity contribution in [2.24, 2.45) is 0 Å². The molecule has 0 radical (unpaired) electrons. The summed E-state index contributed by atoms with van der Waals surface area (Å²) in [6, 6.07) is 9.57. The van der Waals surface area contributed by atoms with E-state index in [1.54, 1.807) is 12.4 Å². The third kappa shape index (κ3) is 3.80. The first-order valence-electron chi connectivity index (χ1n) is 9.30. The fraction of sp³-hybridized carbons (Fsp3) is 0.333. The highest BCUT2D eigenvalue weighted by Crippen LogP contribution is 2.28. The number of hydrogen-bond donors (Lipinski definition) is 0. The van der Waals surface area contributed by atoms with Crippen LogP contribution in [0.5, 0.6) is 0 Å². The van der Waals surface area contributed by atoms with Gasteiger partial charge in [0.15, 0.2) is 0 Å². The van der Waals surface area contributed by atoms with E-state index >= 15 is 0 Å². The largest absolute Gasteiger partial charge is 0.368 e. The average Bonchev–Trinajstić information content (AvgIpc) is 3.07. The number of morpholine rings is 1. The van der Waals surface area contributed by atoms with Crippen molar-refractivity contribution in [3.05, 3.63) is 65.4 Å². The number of rotatable bonds is 4. The van der Waals surface area contributed by atoms with Crippen LogP contribution in [0.25, 0.3) is 11.3 Å². The summed E-state index contributed by atoms with van der Waals surface area (Å²) < 4.78 is 11.2. The summed E-state index contributed by atoms with van der Waals surface area (Å²) >= 11 is 0. The average molecular weight is 378 g/mol. The Labute approximate surface area is 163 Å². The lowest BCUT2D eigenvalue weighted by Crippen LogP contribution is -2.43. The molecule has 0 spiro atoms. The fourth-order valence-electron chi connectivity index (χ4n) is 3.46. The number of pyridine rings is 2. The molecule has 1 atom stereocenters. The number of nitrogens with zero attached hydrogens (tertiary/aromatic N) is 4. The predicted molar refractivity (Wildman–Crippen MR) is 102 cm³/mol. The number of amides is 1. The van der Waals surface area contributed by atoms with Gasteiger partial charge in [-0.05, 0) is 37.6 Å². The molecular weight excluding hydrogens is 356 g/mol. The van der Waals surface area contributed by atoms with Gasteiger partial charge in [-0.15, -0.1) is 0 Å². The van der Waals surface area contributed by atoms with E-state index in [9.17, 15) is 4.79 Å². The molecule has 0 N–H and O–H groups in total. The van der Waals surface area contributed by atoms with Gasteiger partial charge in [-0.3, -0.25) is 9.78 Å². The first-order valence-corrected chi connectivity index (χ1v) is 9.30. The summed E-state index contributed by atoms with van der Waals surface area (Å²) in [5.41, 5.74) is 4.23. The van der Waals surface area contributed by atoms with Crippen LogP contribution >= 0.6 is 0 Å². The zero-order valence-corrected chi connectivity index (χ0v) is 16.0. The van der Waals surface area contributed by atoms with Crippen LogP contribution in [-0.4, -0.2) is 45.6 Å². The van der Waals surface area contributed by atoms with Crippen LogP contribution in [0.1, 0.15) is 28.8 Å². The predicted octanol–water partition coefficient (Wildman–Crippen LogP) is 2.89. The number of carbonyl (C=O) groups is 1. The van der Waals surface area contributed by atoms with Crippen molar-refractivity contribution in [2.75, 3.05) is 19.7 Å². The molecule has 28 heavy (non-hydrogen) atoms. The first-order chi connectivity index (χ1) is 13.6. The maximum absolute atomic E-state index is 12.7. The second-order valence-corrected chi connectivity index (χ2v) is 6.88. The van der Waals surface area contributed by atoms with Gasteiger partial charge in [-0.2, -0.15) is 0 Å². The number of aromatic nitrogens is 3. The molecule has 0 aromatic carbocycles. The monoisotopic (exact) mass is 378 g/mol. The Balaban J connectivity index is 1.50. The van der Waals surface area contributed by atoms with E-state index in [1.807, 2.05) is 49.1 Å². The highest BCUT2D eigenvalue weighted by molar-refractivity contribution is 5.78. The van der Waals surface area contributed by atoms with Crippen LogP contribution in [0.2, 0.25) is 0 Å². The van der Waals surface area contributed by atoms with E-state index < -0.39 is 0 Å². The highest BCUT2D eigenvalue weighted by Gasteiger charge is 2.27. The molecule has 1 aliphatic heterocycles. The summed E-state index contributed by atoms with van der Waals surface area (Å²) in [5, 5.41) is 4.01. The van der Waals surface area contributed by atoms with E-state index in [-0.39, 0.29) is 12.0 Å². The summed E-state index contributed by atoms with van der Waals surface area (Å²) in [7, 11) is 0. The molecule has 7 heteroatoms. The van der Waals surface area contributed by atoms with Crippen LogP contribution in [0, 0.1) is 13.8 Å². The zero-order valence-electron chi connectivity index (χ0n) is 16.0. The van der Waals surface area contributed by atoms with Crippen molar-refractivity contribution in [3.8, 4) is 11.3 Å². The minimum Gasteiger partial charge on any atom is -0.368 e. The lowest BCUT2D eigenvalue weighted by molar-refractivity contribution is -0.138. The topological polar surface area (TPSA) is 81.4 Å². The lowest BCUT2D eigenvalue weighted by Gasteiger charge is -2.33. The van der Waals surface area contributed by atoms with Crippen LogP contribution in [0.4, 0.5) is 0 Å². The van der Waals surface area contributed by atoms with Crippen LogP contribution in [-0.2, 0) is 16.0 Å². The maximum Gasteiger partial charge on any atom is 0.227 e. The smallest absolute Gasteiger partial charge is 0.227 e. The molecule has 3 aromatic rings. The lowest BCUT2D eigenvalue weighted by atomic mass is 10.1. The Bertz CT molecular complexity index is 951. The van der Waals surface area contributed by atoms with Gasteiger partial charge in [0.25, 0.3) is 0 Å². The third-order valence-electron chi connectivity index (χ3n) is 4.89. The Morgan fingerprint density at radius 3 is 2.89 bits per heavy atom. The zero-order chi connectivity index (χ0) is 19.5. The molecule has 7 nitrogen and oxygen atoms in total. The van der Waals surface area contributed by atoms with Crippen LogP contribution < -0.4 is 0 Å². The molecule has 3 aromatic heterocycles. The van der Waals surface area contributed by atoms with E-state index in [2.05, 4.69) is 10.1 Å². The Morgan fingerprint density at radius 2 is 2.14 bits per heavy atom. The number of carbonyl (C=O) groups excluding carboxylic acids is 1. The molecule has 1 unspecified atom stereocenters. The van der Waals surface area contributed by atoms with E-state index in [1.165, 1.54) is 0 Å². The molecule has 1 aliphatic rings. The van der Waals surface area contributed by atoms with Gasteiger partial charge >= 0.3 is 0 Å². The van der Waals surface area contributed by atoms with Gasteiger partial charge in [0.1, 0.15) is 11.9 Å². The minimum atomic E-state index is -0.257. The van der Waals surface area contributed by atoms with Crippen molar-refractivity contribution in [3.63, 3.8) is 0 Å². The Morgan fingerprint density at radius 1 is 1.25 bits per heavy atom. The Kier molecular flexibility index (Phi) is 5.16. The van der Waals surface area contributed by atoms with E-state index in [4.69, 9.17) is 14.2 Å². The van der Waals surface area contributed by atoms with E-state index in [0.717, 1.165) is 34.0 Å². The minimum absolute atomic E-state index is 0.0724. The first kappa shape index (κ1) is 18.3. The molecule has 0 bridgehead atoms. The molecule has 4 heterocycles. The third-order valence-corrected chi connectivity index (χ3v) is 4.89. The van der Waals surface area contributed by atoms with Crippen molar-refractivity contribution in [1.29, 1.82) is 0 Å². The molecule has 0 saturated carbocycles. The Hall–Kier alpha value is -3.06. The summed E-state index contributed by atoms with van der Waals surface area (Å²) in [6.07, 6.45) is 3.51. The molecule has 1 amide bonds. The van der Waals surface area contributed by atoms with Crippen LogP contribution in [0.3, 0.4) is 0 Å². The van der Waals surface area contributed by atoms with Crippen LogP contribution in [0.15, 0.2) is 47.2 Å². The van der Waals surface area contributed by atoms with Gasteiger partial charge < -0.3 is 14.2 Å². The molecular formula is C21H22N4O3. The van der Waals surface area contributed by atoms with Gasteiger partial charge in [0.05, 0.1) is 42.2 Å². The normalized spacial score (nSPS) is 16.9. The molecule has 1 saturated heterocycles. The number of hydrogen-bond acceptors (Lipinski definition) is 6. The van der Waals surface area contributed by atoms with Gasteiger partial charge in [0, 0.05) is 18.9 Å². The van der Waals surface area contributed by atoms with Crippen molar-refractivity contribution >= 4 is 5.91 Å². The van der Waals surface area contributed by atoms with Gasteiger partial charge in [-0.1, -0.05) is 17.3 Å². The summed E-state index contributed by atoms with van der Waals surface area (Å²) in [4.78, 5) is 23.4. The highest BCUT2D eigenvalue weighted by atomic mass is 16.5. The standard InChI is InChI=1S/C21H22N4O3/c1-14-21(15(2)28-24-14)18-7-3-6-17(23-18)19-13-25(9-10-27-19)20(26)11-16-5-4-8-22-12-16/h3-8,12,19H,9-11,13H2,1-2H3. The van der Waals surface area contributed by atoms with E-state index in [0.29, 0.717) is 26.1 Å². The molecule has 1 fully saturated rings. The van der Waals surface area contributed by atoms with Gasteiger partial charge in [-0.25, -0.2) is 4.98 Å². The second kappa shape index (κ2) is 7.90. The molecule has 0 aliphatic carbocycles. The molecule has 144 valence electrons.